The predicted octanol–water partition coefficient (Wildman–Crippen LogP) is 0.467. The Bertz CT molecular complexity index is 241. The number of rotatable bonds is 2. The number of nitrogens with two attached hydrogens (primary N) is 1. The first-order valence-electron chi connectivity index (χ1n) is 3.83. The average molecular weight is 149 g/mol. The maximum Gasteiger partial charge on any atom is 0.115 e. The van der Waals surface area contributed by atoms with E-state index in [9.17, 15) is 0 Å². The van der Waals surface area contributed by atoms with Crippen LogP contribution < -0.4 is 5.73 Å². The lowest BCUT2D eigenvalue weighted by Crippen LogP contribution is -2.19. The highest BCUT2D eigenvalue weighted by Gasteiger charge is 2.43. The molecule has 2 N–H and O–H groups in total. The van der Waals surface area contributed by atoms with E-state index >= 15 is 0 Å². The van der Waals surface area contributed by atoms with Crippen molar-refractivity contribution in [1.29, 1.82) is 0 Å². The average Bonchev–Trinajstić information content (AvgIpc) is 2.86. The first kappa shape index (κ1) is 6.73. The van der Waals surface area contributed by atoms with Crippen molar-refractivity contribution in [3.8, 4) is 0 Å². The minimum Gasteiger partial charge on any atom is -0.330 e. The maximum absolute atomic E-state index is 5.65. The van der Waals surface area contributed by atoms with E-state index in [0.29, 0.717) is 0 Å². The van der Waals surface area contributed by atoms with E-state index in [1.165, 1.54) is 18.4 Å². The van der Waals surface area contributed by atoms with E-state index in [1.807, 2.05) is 12.4 Å². The number of hydrogen-bond donors (Lipinski definition) is 1. The Labute approximate surface area is 65.7 Å². The largest absolute Gasteiger partial charge is 0.330 e. The van der Waals surface area contributed by atoms with E-state index in [4.69, 9.17) is 5.73 Å². The first-order valence-corrected chi connectivity index (χ1v) is 3.83. The zero-order chi connectivity index (χ0) is 7.73. The van der Waals surface area contributed by atoms with Crippen LogP contribution in [0.4, 0.5) is 0 Å². The molecule has 0 amide bonds. The van der Waals surface area contributed by atoms with Crippen LogP contribution in [0, 0.1) is 0 Å². The molecular formula is C8H11N3. The summed E-state index contributed by atoms with van der Waals surface area (Å²) in [5, 5.41) is 0. The second kappa shape index (κ2) is 2.27. The van der Waals surface area contributed by atoms with Crippen LogP contribution in [0.15, 0.2) is 18.7 Å². The second-order valence-electron chi connectivity index (χ2n) is 3.11. The van der Waals surface area contributed by atoms with Crippen molar-refractivity contribution in [2.24, 2.45) is 5.73 Å². The minimum atomic E-state index is 0.237. The quantitative estimate of drug-likeness (QED) is 0.665. The third kappa shape index (κ3) is 1.01. The molecule has 0 unspecified atom stereocenters. The van der Waals surface area contributed by atoms with Gasteiger partial charge in [-0.2, -0.15) is 0 Å². The van der Waals surface area contributed by atoms with Crippen molar-refractivity contribution in [2.75, 3.05) is 6.54 Å². The molecule has 3 heteroatoms. The lowest BCUT2D eigenvalue weighted by molar-refractivity contribution is 0.695. The van der Waals surface area contributed by atoms with Gasteiger partial charge in [0.15, 0.2) is 0 Å². The molecule has 0 saturated heterocycles. The lowest BCUT2D eigenvalue weighted by atomic mass is 10.00. The fourth-order valence-corrected chi connectivity index (χ4v) is 1.33. The summed E-state index contributed by atoms with van der Waals surface area (Å²) in [6, 6.07) is 0. The number of nitrogens with zero attached hydrogens (tertiary/aromatic N) is 2. The Morgan fingerprint density at radius 3 is 2.45 bits per heavy atom. The van der Waals surface area contributed by atoms with E-state index in [1.54, 1.807) is 6.33 Å². The fraction of sp³-hybridized carbons (Fsp3) is 0.500. The molecule has 1 aromatic heterocycles. The Hall–Kier alpha value is -0.960. The van der Waals surface area contributed by atoms with Crippen LogP contribution >= 0.6 is 0 Å². The van der Waals surface area contributed by atoms with Crippen LogP contribution in [0.5, 0.6) is 0 Å². The van der Waals surface area contributed by atoms with Crippen LogP contribution in [0.25, 0.3) is 0 Å². The van der Waals surface area contributed by atoms with Crippen molar-refractivity contribution >= 4 is 0 Å². The third-order valence-electron chi connectivity index (χ3n) is 2.42. The highest BCUT2D eigenvalue weighted by molar-refractivity contribution is 5.26. The van der Waals surface area contributed by atoms with Gasteiger partial charge in [-0.25, -0.2) is 9.97 Å². The zero-order valence-electron chi connectivity index (χ0n) is 6.33. The van der Waals surface area contributed by atoms with Gasteiger partial charge in [0.2, 0.25) is 0 Å². The number of aromatic nitrogens is 2. The smallest absolute Gasteiger partial charge is 0.115 e. The molecule has 11 heavy (non-hydrogen) atoms. The molecule has 1 fully saturated rings. The van der Waals surface area contributed by atoms with Gasteiger partial charge in [0.05, 0.1) is 0 Å². The van der Waals surface area contributed by atoms with Crippen molar-refractivity contribution < 1.29 is 0 Å². The molecule has 1 aromatic rings. The van der Waals surface area contributed by atoms with Gasteiger partial charge in [0.1, 0.15) is 6.33 Å². The molecule has 1 heterocycles. The van der Waals surface area contributed by atoms with Gasteiger partial charge in [-0.15, -0.1) is 0 Å². The topological polar surface area (TPSA) is 51.8 Å². The highest BCUT2D eigenvalue weighted by atomic mass is 14.8. The summed E-state index contributed by atoms with van der Waals surface area (Å²) < 4.78 is 0. The van der Waals surface area contributed by atoms with Crippen LogP contribution in [-0.2, 0) is 5.41 Å². The summed E-state index contributed by atoms with van der Waals surface area (Å²) in [6.45, 7) is 0.723. The number of hydrogen-bond acceptors (Lipinski definition) is 3. The van der Waals surface area contributed by atoms with E-state index in [-0.39, 0.29) is 5.41 Å². The van der Waals surface area contributed by atoms with Crippen molar-refractivity contribution in [1.82, 2.24) is 9.97 Å². The van der Waals surface area contributed by atoms with E-state index in [2.05, 4.69) is 9.97 Å². The molecule has 0 atom stereocenters. The molecular weight excluding hydrogens is 138 g/mol. The second-order valence-corrected chi connectivity index (χ2v) is 3.11. The Kier molecular flexibility index (Phi) is 1.39. The normalized spacial score (nSPS) is 19.7. The van der Waals surface area contributed by atoms with Crippen molar-refractivity contribution in [2.45, 2.75) is 18.3 Å². The summed E-state index contributed by atoms with van der Waals surface area (Å²) >= 11 is 0. The fourth-order valence-electron chi connectivity index (χ4n) is 1.33. The van der Waals surface area contributed by atoms with Crippen LogP contribution in [0.3, 0.4) is 0 Å². The van der Waals surface area contributed by atoms with Gasteiger partial charge in [0, 0.05) is 24.4 Å². The first-order chi connectivity index (χ1) is 5.37. The summed E-state index contributed by atoms with van der Waals surface area (Å²) in [4.78, 5) is 7.94. The van der Waals surface area contributed by atoms with Crippen molar-refractivity contribution in [3.63, 3.8) is 0 Å². The monoisotopic (exact) mass is 149 g/mol. The molecule has 58 valence electrons. The van der Waals surface area contributed by atoms with Gasteiger partial charge in [-0.1, -0.05) is 0 Å². The molecule has 0 aromatic carbocycles. The maximum atomic E-state index is 5.65. The molecule has 3 nitrogen and oxygen atoms in total. The molecule has 2 rings (SSSR count). The van der Waals surface area contributed by atoms with Gasteiger partial charge in [-0.3, -0.25) is 0 Å². The Morgan fingerprint density at radius 1 is 1.36 bits per heavy atom. The molecule has 1 aliphatic rings. The van der Waals surface area contributed by atoms with Crippen LogP contribution in [0.1, 0.15) is 18.4 Å². The highest BCUT2D eigenvalue weighted by Crippen LogP contribution is 2.46. The van der Waals surface area contributed by atoms with Gasteiger partial charge >= 0.3 is 0 Å². The van der Waals surface area contributed by atoms with E-state index in [0.717, 1.165) is 6.54 Å². The molecule has 1 aliphatic carbocycles. The summed E-state index contributed by atoms with van der Waals surface area (Å²) in [7, 11) is 0. The van der Waals surface area contributed by atoms with Crippen molar-refractivity contribution in [3.05, 3.63) is 24.3 Å². The molecule has 0 radical (unpaired) electrons. The van der Waals surface area contributed by atoms with Gasteiger partial charge in [0.25, 0.3) is 0 Å². The van der Waals surface area contributed by atoms with E-state index < -0.39 is 0 Å². The van der Waals surface area contributed by atoms with Crippen LogP contribution in [0.2, 0.25) is 0 Å². The predicted molar refractivity (Wildman–Crippen MR) is 42.0 cm³/mol. The minimum absolute atomic E-state index is 0.237. The summed E-state index contributed by atoms with van der Waals surface area (Å²) in [5.74, 6) is 0. The van der Waals surface area contributed by atoms with Gasteiger partial charge < -0.3 is 5.73 Å². The zero-order valence-corrected chi connectivity index (χ0v) is 6.33. The summed E-state index contributed by atoms with van der Waals surface area (Å²) in [6.07, 6.45) is 7.67. The standard InChI is InChI=1S/C8H11N3/c9-5-8(1-2-8)7-3-10-6-11-4-7/h3-4,6H,1-2,5,9H2. The molecule has 0 bridgehead atoms. The molecule has 0 spiro atoms. The molecule has 0 aliphatic heterocycles. The molecule has 1 saturated carbocycles. The van der Waals surface area contributed by atoms with Gasteiger partial charge in [-0.05, 0) is 18.4 Å². The SMILES string of the molecule is NCC1(c2cncnc2)CC1. The Morgan fingerprint density at radius 2 is 2.00 bits per heavy atom. The Balaban J connectivity index is 2.30. The summed E-state index contributed by atoms with van der Waals surface area (Å²) in [5.41, 5.74) is 7.08. The lowest BCUT2D eigenvalue weighted by Gasteiger charge is -2.09. The third-order valence-corrected chi connectivity index (χ3v) is 2.42. The van der Waals surface area contributed by atoms with Crippen LogP contribution in [-0.4, -0.2) is 16.5 Å².